The largest absolute Gasteiger partial charge is 0.416 e. The fourth-order valence-electron chi connectivity index (χ4n) is 4.48. The number of benzene rings is 2. The summed E-state index contributed by atoms with van der Waals surface area (Å²) < 4.78 is 92.5. The van der Waals surface area contributed by atoms with Gasteiger partial charge in [0.05, 0.1) is 38.7 Å². The number of aromatic amines is 1. The molecule has 40 heavy (non-hydrogen) atoms. The zero-order chi connectivity index (χ0) is 29.8. The lowest BCUT2D eigenvalue weighted by atomic mass is 10.0. The number of halogens is 5. The standard InChI is InChI=1S/C22H22Cl2F3N5O6S2/c1-2-39(35,36)17-4-3-12(23)5-11(17)7-32-20(33)14-6-16(22(25,26)27)15(18(24)19(14)29-21(32)34)10-31-8-13(9-31)30-40(28,37)38/h3-6,13,30H,2,7-10H2,1H3,(H,29,34)(H2,28,37,38). The fraction of sp³-hybridized carbons (Fsp3) is 0.364. The summed E-state index contributed by atoms with van der Waals surface area (Å²) in [6.45, 7) is 0.536. The van der Waals surface area contributed by atoms with Gasteiger partial charge < -0.3 is 4.98 Å². The first-order chi connectivity index (χ1) is 18.4. The number of H-pyrrole nitrogens is 1. The van der Waals surface area contributed by atoms with Crippen LogP contribution in [0.5, 0.6) is 0 Å². The molecule has 2 heterocycles. The van der Waals surface area contributed by atoms with Crippen LogP contribution in [0.3, 0.4) is 0 Å². The van der Waals surface area contributed by atoms with E-state index >= 15 is 0 Å². The van der Waals surface area contributed by atoms with Crippen LogP contribution in [0.4, 0.5) is 13.2 Å². The predicted molar refractivity (Wildman–Crippen MR) is 142 cm³/mol. The number of hydrogen-bond donors (Lipinski definition) is 3. The summed E-state index contributed by atoms with van der Waals surface area (Å²) in [5.74, 6) is -0.284. The van der Waals surface area contributed by atoms with Gasteiger partial charge in [-0.3, -0.25) is 14.3 Å². The second-order valence-corrected chi connectivity index (χ2v) is 13.6. The molecule has 0 unspecified atom stereocenters. The van der Waals surface area contributed by atoms with Crippen LogP contribution in [0.15, 0.2) is 38.8 Å². The van der Waals surface area contributed by atoms with Gasteiger partial charge in [-0.1, -0.05) is 30.1 Å². The average Bonchev–Trinajstić information content (AvgIpc) is 2.80. The molecule has 1 aromatic heterocycles. The third kappa shape index (κ3) is 6.22. The van der Waals surface area contributed by atoms with E-state index in [1.165, 1.54) is 30.0 Å². The third-order valence-corrected chi connectivity index (χ3v) is 9.50. The molecule has 3 aromatic rings. The monoisotopic (exact) mass is 643 g/mol. The summed E-state index contributed by atoms with van der Waals surface area (Å²) in [5.41, 5.74) is -4.14. The van der Waals surface area contributed by atoms with Crippen molar-refractivity contribution in [1.82, 2.24) is 19.2 Å². The van der Waals surface area contributed by atoms with Crippen LogP contribution in [-0.2, 0) is 39.3 Å². The smallest absolute Gasteiger partial charge is 0.305 e. The molecule has 4 N–H and O–H groups in total. The molecule has 0 saturated carbocycles. The van der Waals surface area contributed by atoms with Crippen molar-refractivity contribution >= 4 is 54.2 Å². The van der Waals surface area contributed by atoms with Crippen LogP contribution in [-0.4, -0.2) is 56.2 Å². The molecule has 1 fully saturated rings. The first-order valence-electron chi connectivity index (χ1n) is 11.5. The highest BCUT2D eigenvalue weighted by Gasteiger charge is 2.38. The Kier molecular flexibility index (Phi) is 8.19. The Hall–Kier alpha value is -2.47. The number of nitrogens with zero attached hydrogens (tertiary/aromatic N) is 2. The van der Waals surface area contributed by atoms with Crippen molar-refractivity contribution in [3.05, 3.63) is 71.8 Å². The fourth-order valence-corrected chi connectivity index (χ4v) is 6.70. The summed E-state index contributed by atoms with van der Waals surface area (Å²) >= 11 is 12.3. The van der Waals surface area contributed by atoms with Crippen molar-refractivity contribution in [2.45, 2.75) is 37.1 Å². The van der Waals surface area contributed by atoms with Crippen molar-refractivity contribution in [3.63, 3.8) is 0 Å². The molecule has 0 bridgehead atoms. The Bertz CT molecular complexity index is 1840. The van der Waals surface area contributed by atoms with Gasteiger partial charge in [0, 0.05) is 30.7 Å². The number of sulfone groups is 1. The van der Waals surface area contributed by atoms with E-state index in [-0.39, 0.29) is 46.4 Å². The minimum Gasteiger partial charge on any atom is -0.305 e. The quantitative estimate of drug-likeness (QED) is 0.337. The summed E-state index contributed by atoms with van der Waals surface area (Å²) in [6, 6.07) is 3.77. The van der Waals surface area contributed by atoms with E-state index in [9.17, 15) is 39.6 Å². The molecule has 0 atom stereocenters. The summed E-state index contributed by atoms with van der Waals surface area (Å²) in [4.78, 5) is 29.9. The highest BCUT2D eigenvalue weighted by molar-refractivity contribution is 7.91. The van der Waals surface area contributed by atoms with E-state index in [1.807, 2.05) is 0 Å². The second kappa shape index (κ2) is 10.7. The summed E-state index contributed by atoms with van der Waals surface area (Å²) in [7, 11) is -7.80. The number of nitrogens with two attached hydrogens (primary N) is 1. The van der Waals surface area contributed by atoms with Gasteiger partial charge in [-0.05, 0) is 35.4 Å². The molecule has 4 rings (SSSR count). The predicted octanol–water partition coefficient (Wildman–Crippen LogP) is 1.83. The Balaban J connectivity index is 1.81. The van der Waals surface area contributed by atoms with Gasteiger partial charge in [0.1, 0.15) is 0 Å². The van der Waals surface area contributed by atoms with E-state index in [2.05, 4.69) is 9.71 Å². The molecule has 0 radical (unpaired) electrons. The maximum absolute atomic E-state index is 14.1. The van der Waals surface area contributed by atoms with Crippen molar-refractivity contribution in [3.8, 4) is 0 Å². The lowest BCUT2D eigenvalue weighted by molar-refractivity contribution is -0.138. The van der Waals surface area contributed by atoms with Crippen LogP contribution in [0.2, 0.25) is 10.0 Å². The first kappa shape index (κ1) is 30.5. The molecule has 11 nitrogen and oxygen atoms in total. The number of alkyl halides is 3. The zero-order valence-electron chi connectivity index (χ0n) is 20.5. The highest BCUT2D eigenvalue weighted by atomic mass is 35.5. The van der Waals surface area contributed by atoms with Crippen molar-refractivity contribution < 1.29 is 30.0 Å². The molecule has 0 aliphatic carbocycles. The minimum absolute atomic E-state index is 0.000465. The summed E-state index contributed by atoms with van der Waals surface area (Å²) in [6.07, 6.45) is -4.95. The molecule has 2 aromatic carbocycles. The minimum atomic E-state index is -4.95. The third-order valence-electron chi connectivity index (χ3n) is 6.36. The molecule has 0 amide bonds. The van der Waals surface area contributed by atoms with Crippen LogP contribution in [0, 0.1) is 0 Å². The molecule has 218 valence electrons. The highest BCUT2D eigenvalue weighted by Crippen LogP contribution is 2.39. The number of rotatable bonds is 8. The molecular formula is C22H22Cl2F3N5O6S2. The number of likely N-dealkylation sites (tertiary alicyclic amines) is 1. The van der Waals surface area contributed by atoms with E-state index in [1.54, 1.807) is 0 Å². The molecule has 18 heteroatoms. The van der Waals surface area contributed by atoms with E-state index in [0.717, 1.165) is 0 Å². The van der Waals surface area contributed by atoms with Crippen LogP contribution < -0.4 is 21.1 Å². The lowest BCUT2D eigenvalue weighted by Crippen LogP contribution is -2.59. The maximum Gasteiger partial charge on any atom is 0.416 e. The van der Waals surface area contributed by atoms with E-state index < -0.39 is 71.6 Å². The molecule has 0 spiro atoms. The van der Waals surface area contributed by atoms with Gasteiger partial charge in [-0.25, -0.2) is 18.4 Å². The van der Waals surface area contributed by atoms with Gasteiger partial charge in [0.2, 0.25) is 0 Å². The van der Waals surface area contributed by atoms with E-state index in [0.29, 0.717) is 10.6 Å². The summed E-state index contributed by atoms with van der Waals surface area (Å²) in [5, 5.41) is 3.99. The van der Waals surface area contributed by atoms with Crippen LogP contribution in [0.25, 0.3) is 10.9 Å². The van der Waals surface area contributed by atoms with E-state index in [4.69, 9.17) is 28.3 Å². The number of fused-ring (bicyclic) bond motifs is 1. The Morgan fingerprint density at radius 2 is 1.75 bits per heavy atom. The van der Waals surface area contributed by atoms with Crippen LogP contribution in [0.1, 0.15) is 23.6 Å². The maximum atomic E-state index is 14.1. The topological polar surface area (TPSA) is 164 Å². The number of aromatic nitrogens is 2. The van der Waals surface area contributed by atoms with Gasteiger partial charge >= 0.3 is 11.9 Å². The second-order valence-electron chi connectivity index (χ2n) is 9.17. The van der Waals surface area contributed by atoms with Gasteiger partial charge in [0.15, 0.2) is 9.84 Å². The average molecular weight is 644 g/mol. The molecular weight excluding hydrogens is 622 g/mol. The van der Waals surface area contributed by atoms with Gasteiger partial charge in [0.25, 0.3) is 15.8 Å². The Labute approximate surface area is 235 Å². The van der Waals surface area contributed by atoms with Gasteiger partial charge in [-0.2, -0.15) is 26.3 Å². The van der Waals surface area contributed by atoms with Gasteiger partial charge in [-0.15, -0.1) is 0 Å². The number of nitrogens with one attached hydrogen (secondary N) is 2. The molecule has 1 aliphatic heterocycles. The van der Waals surface area contributed by atoms with Crippen molar-refractivity contribution in [1.29, 1.82) is 0 Å². The Morgan fingerprint density at radius 3 is 2.33 bits per heavy atom. The zero-order valence-corrected chi connectivity index (χ0v) is 23.7. The van der Waals surface area contributed by atoms with Crippen LogP contribution >= 0.6 is 23.2 Å². The number of hydrogen-bond acceptors (Lipinski definition) is 7. The van der Waals surface area contributed by atoms with Crippen molar-refractivity contribution in [2.24, 2.45) is 5.14 Å². The first-order valence-corrected chi connectivity index (χ1v) is 15.5. The Morgan fingerprint density at radius 1 is 1.10 bits per heavy atom. The SMILES string of the molecule is CCS(=O)(=O)c1ccc(Cl)cc1Cn1c(=O)[nH]c2c(Cl)c(CN3CC(NS(N)(=O)=O)C3)c(C(F)(F)F)cc2c1=O. The normalized spacial score (nSPS) is 15.5. The molecule has 1 saturated heterocycles. The molecule has 1 aliphatic rings. The lowest BCUT2D eigenvalue weighted by Gasteiger charge is -2.39. The van der Waals surface area contributed by atoms with Crippen molar-refractivity contribution in [2.75, 3.05) is 18.8 Å².